The summed E-state index contributed by atoms with van der Waals surface area (Å²) >= 11 is 0. The van der Waals surface area contributed by atoms with Crippen LogP contribution in [0.15, 0.2) is 158 Å². The summed E-state index contributed by atoms with van der Waals surface area (Å²) in [6.45, 7) is 60.2. The van der Waals surface area contributed by atoms with E-state index in [0.717, 1.165) is 0 Å². The summed E-state index contributed by atoms with van der Waals surface area (Å²) in [7, 11) is 0. The van der Waals surface area contributed by atoms with Gasteiger partial charge in [0.1, 0.15) is 0 Å². The monoisotopic (exact) mass is 827 g/mol. The zero-order valence-electron chi connectivity index (χ0n) is 46.7. The average molecular weight is 828 g/mol. The molecule has 0 aliphatic rings. The van der Waals surface area contributed by atoms with Crippen molar-refractivity contribution in [3.8, 4) is 0 Å². The second kappa shape index (κ2) is 180. The Balaban J connectivity index is -0.0000000317. The van der Waals surface area contributed by atoms with Crippen molar-refractivity contribution in [1.29, 1.82) is 0 Å². The molecule has 0 spiro atoms. The van der Waals surface area contributed by atoms with E-state index in [9.17, 15) is 0 Å². The van der Waals surface area contributed by atoms with Gasteiger partial charge in [0.25, 0.3) is 0 Å². The molecule has 0 heterocycles. The maximum absolute atomic E-state index is 2.12. The van der Waals surface area contributed by atoms with Crippen molar-refractivity contribution in [2.75, 3.05) is 0 Å². The van der Waals surface area contributed by atoms with Crippen LogP contribution in [-0.2, 0) is 0 Å². The molecule has 0 unspecified atom stereocenters. The van der Waals surface area contributed by atoms with Gasteiger partial charge in [0.05, 0.1) is 0 Å². The molecule has 0 fully saturated rings. The van der Waals surface area contributed by atoms with Crippen LogP contribution < -0.4 is 0 Å². The van der Waals surface area contributed by atoms with Crippen molar-refractivity contribution in [1.82, 2.24) is 0 Å². The van der Waals surface area contributed by atoms with Crippen molar-refractivity contribution in [3.05, 3.63) is 158 Å². The van der Waals surface area contributed by atoms with E-state index >= 15 is 0 Å². The van der Waals surface area contributed by atoms with Crippen LogP contribution in [0.25, 0.3) is 10.8 Å². The van der Waals surface area contributed by atoms with E-state index in [1.807, 2.05) is 303 Å². The number of hydrogen-bond acceptors (Lipinski definition) is 0. The maximum Gasteiger partial charge on any atom is -0.0184 e. The summed E-state index contributed by atoms with van der Waals surface area (Å²) in [5.41, 5.74) is 0. The highest BCUT2D eigenvalue weighted by atomic mass is 13.9. The highest BCUT2D eigenvalue weighted by Crippen LogP contribution is 2.11. The molecule has 0 aliphatic heterocycles. The number of benzene rings is 5. The molecule has 0 nitrogen and oxygen atoms in total. The van der Waals surface area contributed by atoms with Crippen LogP contribution in [0.4, 0.5) is 0 Å². The molecule has 5 aromatic rings. The van der Waals surface area contributed by atoms with Crippen molar-refractivity contribution < 1.29 is 0 Å². The van der Waals surface area contributed by atoms with E-state index in [1.165, 1.54) is 17.2 Å². The Morgan fingerprint density at radius 1 is 0.169 bits per heavy atom. The third-order valence-electron chi connectivity index (χ3n) is 3.66. The first kappa shape index (κ1) is 95.6. The Morgan fingerprint density at radius 3 is 0.305 bits per heavy atom. The predicted molar refractivity (Wildman–Crippen MR) is 298 cm³/mol. The van der Waals surface area contributed by atoms with Crippen LogP contribution >= 0.6 is 0 Å². The number of fused-ring (bicyclic) bond motifs is 1. The summed E-state index contributed by atoms with van der Waals surface area (Å²) in [5, 5.41) is 2.62. The van der Waals surface area contributed by atoms with E-state index in [1.54, 1.807) is 0 Å². The molecule has 354 valence electrons. The van der Waals surface area contributed by atoms with Gasteiger partial charge in [-0.25, -0.2) is 0 Å². The van der Waals surface area contributed by atoms with Crippen molar-refractivity contribution >= 4 is 10.8 Å². The van der Waals surface area contributed by atoms with E-state index in [2.05, 4.69) is 62.4 Å². The molecule has 59 heavy (non-hydrogen) atoms. The molecule has 0 bridgehead atoms. The van der Waals surface area contributed by atoms with Crippen LogP contribution in [0.5, 0.6) is 0 Å². The Bertz CT molecular complexity index is 741. The summed E-state index contributed by atoms with van der Waals surface area (Å²) in [6, 6.07) is 52.7. The molecule has 0 N–H and O–H groups in total. The number of rotatable bonds is 0. The lowest BCUT2D eigenvalue weighted by Crippen LogP contribution is -1.67. The normalized spacial score (nSPS) is 5.86. The molecular formula is C59H118. The second-order valence-corrected chi connectivity index (χ2v) is 6.52. The van der Waals surface area contributed by atoms with Gasteiger partial charge in [-0.05, 0) is 10.8 Å². The zero-order valence-corrected chi connectivity index (χ0v) is 46.7. The molecule has 0 radical (unpaired) electrons. The van der Waals surface area contributed by atoms with Gasteiger partial charge in [-0.15, -0.1) is 0 Å². The van der Waals surface area contributed by atoms with E-state index in [-0.39, 0.29) is 0 Å². The van der Waals surface area contributed by atoms with Gasteiger partial charge in [0.15, 0.2) is 0 Å². The fourth-order valence-electron chi connectivity index (χ4n) is 2.29. The minimum atomic E-state index is 1.25. The minimum Gasteiger partial charge on any atom is -0.0683 e. The lowest BCUT2D eigenvalue weighted by molar-refractivity contribution is 1.09. The fraction of sp³-hybridized carbons (Fsp3) is 0.525. The SMILES string of the molecule is CC.CC.CC.CC.CC.CC.CC.CC.CC.CC.CC.CC.CC.CC.CCC.c1ccc2ccccc2c1.c1ccccc1.c1ccccc1.c1ccccc1. The van der Waals surface area contributed by atoms with E-state index < -0.39 is 0 Å². The Labute approximate surface area is 381 Å². The van der Waals surface area contributed by atoms with Crippen molar-refractivity contribution in [2.45, 2.75) is 214 Å². The Morgan fingerprint density at radius 2 is 0.237 bits per heavy atom. The first-order chi connectivity index (χ1) is 29.4. The van der Waals surface area contributed by atoms with Gasteiger partial charge >= 0.3 is 0 Å². The quantitative estimate of drug-likeness (QED) is 0.146. The molecule has 5 aromatic carbocycles. The third kappa shape index (κ3) is 142. The summed E-state index contributed by atoms with van der Waals surface area (Å²) < 4.78 is 0. The summed E-state index contributed by atoms with van der Waals surface area (Å²) in [6.07, 6.45) is 1.25. The number of hydrogen-bond donors (Lipinski definition) is 0. The molecule has 0 saturated carbocycles. The van der Waals surface area contributed by atoms with E-state index in [0.29, 0.717) is 0 Å². The lowest BCUT2D eigenvalue weighted by atomic mass is 10.1. The highest BCUT2D eigenvalue weighted by Gasteiger charge is 1.85. The van der Waals surface area contributed by atoms with Gasteiger partial charge in [0.2, 0.25) is 0 Å². The summed E-state index contributed by atoms with van der Waals surface area (Å²) in [4.78, 5) is 0. The standard InChI is InChI=1S/C10H8.3C6H6.C3H8.14C2H6/c1-2-6-10-8-4-3-7-9(10)5-1;3*1-2-4-6-5-3-1;1-3-2;14*1-2/h1-8H;3*1-6H;3H2,1-2H3;14*1-2H3. The van der Waals surface area contributed by atoms with Gasteiger partial charge in [-0.3, -0.25) is 0 Å². The first-order valence-electron chi connectivity index (χ1n) is 24.8. The molecule has 0 aliphatic carbocycles. The van der Waals surface area contributed by atoms with Crippen molar-refractivity contribution in [2.24, 2.45) is 0 Å². The second-order valence-electron chi connectivity index (χ2n) is 6.52. The largest absolute Gasteiger partial charge is 0.0683 e. The van der Waals surface area contributed by atoms with Crippen LogP contribution in [0.2, 0.25) is 0 Å². The van der Waals surface area contributed by atoms with Crippen LogP contribution in [-0.4, -0.2) is 0 Å². The van der Waals surface area contributed by atoms with Crippen LogP contribution in [0.3, 0.4) is 0 Å². The van der Waals surface area contributed by atoms with Gasteiger partial charge in [0, 0.05) is 0 Å². The molecule has 5 rings (SSSR count). The van der Waals surface area contributed by atoms with E-state index in [4.69, 9.17) is 0 Å². The minimum absolute atomic E-state index is 1.25. The molecular weight excluding hydrogens is 709 g/mol. The topological polar surface area (TPSA) is 0 Å². The van der Waals surface area contributed by atoms with Crippen LogP contribution in [0.1, 0.15) is 214 Å². The highest BCUT2D eigenvalue weighted by molar-refractivity contribution is 5.82. The van der Waals surface area contributed by atoms with Gasteiger partial charge < -0.3 is 0 Å². The van der Waals surface area contributed by atoms with Gasteiger partial charge in [-0.2, -0.15) is 0 Å². The first-order valence-corrected chi connectivity index (χ1v) is 24.8. The molecule has 0 amide bonds. The maximum atomic E-state index is 2.12. The fourth-order valence-corrected chi connectivity index (χ4v) is 2.29. The van der Waals surface area contributed by atoms with Crippen molar-refractivity contribution in [3.63, 3.8) is 0 Å². The third-order valence-corrected chi connectivity index (χ3v) is 3.66. The summed E-state index contributed by atoms with van der Waals surface area (Å²) in [5.74, 6) is 0. The predicted octanol–water partition coefficient (Wildman–Crippen LogP) is 23.7. The van der Waals surface area contributed by atoms with Gasteiger partial charge in [-0.1, -0.05) is 372 Å². The molecule has 0 atom stereocenters. The lowest BCUT2D eigenvalue weighted by Gasteiger charge is -1.92. The Kier molecular flexibility index (Phi) is 291. The molecule has 0 heteroatoms. The Hall–Kier alpha value is -3.64. The van der Waals surface area contributed by atoms with Crippen LogP contribution in [0, 0.1) is 0 Å². The average Bonchev–Trinajstić information content (AvgIpc) is 3.42. The smallest absolute Gasteiger partial charge is 0.0184 e. The molecule has 0 aromatic heterocycles. The molecule has 0 saturated heterocycles. The zero-order chi connectivity index (χ0) is 50.2.